The fraction of sp³-hybridized carbons (Fsp3) is 1.00. The van der Waals surface area contributed by atoms with E-state index in [4.69, 9.17) is 9.47 Å². The van der Waals surface area contributed by atoms with Gasteiger partial charge in [0.15, 0.2) is 0 Å². The molecule has 1 N–H and O–H groups in total. The maximum absolute atomic E-state index is 5.64. The summed E-state index contributed by atoms with van der Waals surface area (Å²) in [6.07, 6.45) is 3.97. The zero-order chi connectivity index (χ0) is 12.1. The van der Waals surface area contributed by atoms with Crippen LogP contribution in [0.3, 0.4) is 0 Å². The van der Waals surface area contributed by atoms with E-state index in [0.29, 0.717) is 22.6 Å². The van der Waals surface area contributed by atoms with E-state index in [1.807, 2.05) is 0 Å². The Morgan fingerprint density at radius 3 is 2.82 bits per heavy atom. The Bertz CT molecular complexity index is 227. The number of rotatable bonds is 5. The van der Waals surface area contributed by atoms with Gasteiger partial charge in [-0.1, -0.05) is 6.92 Å². The van der Waals surface area contributed by atoms with Gasteiger partial charge in [-0.3, -0.25) is 0 Å². The van der Waals surface area contributed by atoms with Crippen LogP contribution in [-0.2, 0) is 9.47 Å². The number of ether oxygens (including phenoxy) is 2. The monoisotopic (exact) mass is 259 g/mol. The van der Waals surface area contributed by atoms with Crippen molar-refractivity contribution in [1.82, 2.24) is 5.32 Å². The molecule has 0 aromatic rings. The Labute approximate surface area is 109 Å². The standard InChI is InChI=1S/C13H25NO2S/c1-3-6-14-11-4-7-15-9-13(11)17-12-5-8-16-10(12)2/h10-14H,3-9H2,1-2H3. The van der Waals surface area contributed by atoms with E-state index < -0.39 is 0 Å². The summed E-state index contributed by atoms with van der Waals surface area (Å²) >= 11 is 2.08. The highest BCUT2D eigenvalue weighted by Gasteiger charge is 2.32. The van der Waals surface area contributed by atoms with Crippen molar-refractivity contribution in [3.8, 4) is 0 Å². The van der Waals surface area contributed by atoms with Gasteiger partial charge in [-0.15, -0.1) is 11.8 Å². The van der Waals surface area contributed by atoms with Crippen LogP contribution < -0.4 is 5.32 Å². The molecule has 2 saturated heterocycles. The summed E-state index contributed by atoms with van der Waals surface area (Å²) in [6.45, 7) is 8.28. The summed E-state index contributed by atoms with van der Waals surface area (Å²) in [4.78, 5) is 0. The van der Waals surface area contributed by atoms with Crippen molar-refractivity contribution in [2.24, 2.45) is 0 Å². The van der Waals surface area contributed by atoms with Crippen LogP contribution in [0.5, 0.6) is 0 Å². The smallest absolute Gasteiger partial charge is 0.0666 e. The summed E-state index contributed by atoms with van der Waals surface area (Å²) in [5, 5.41) is 4.93. The molecule has 2 aliphatic rings. The van der Waals surface area contributed by atoms with E-state index in [-0.39, 0.29) is 0 Å². The number of nitrogens with one attached hydrogen (secondary N) is 1. The molecule has 3 nitrogen and oxygen atoms in total. The van der Waals surface area contributed by atoms with Crippen LogP contribution in [0.4, 0.5) is 0 Å². The predicted molar refractivity (Wildman–Crippen MR) is 72.7 cm³/mol. The van der Waals surface area contributed by atoms with Gasteiger partial charge in [0.25, 0.3) is 0 Å². The maximum Gasteiger partial charge on any atom is 0.0666 e. The lowest BCUT2D eigenvalue weighted by Gasteiger charge is -2.34. The van der Waals surface area contributed by atoms with E-state index in [9.17, 15) is 0 Å². The second kappa shape index (κ2) is 6.98. The first-order valence-corrected chi connectivity index (χ1v) is 7.83. The first-order valence-electron chi connectivity index (χ1n) is 6.89. The molecule has 2 fully saturated rings. The lowest BCUT2D eigenvalue weighted by Crippen LogP contribution is -2.46. The van der Waals surface area contributed by atoms with E-state index in [2.05, 4.69) is 30.9 Å². The third kappa shape index (κ3) is 3.85. The highest BCUT2D eigenvalue weighted by molar-refractivity contribution is 8.00. The Balaban J connectivity index is 1.82. The van der Waals surface area contributed by atoms with Gasteiger partial charge in [-0.2, -0.15) is 0 Å². The molecule has 0 bridgehead atoms. The van der Waals surface area contributed by atoms with Crippen LogP contribution in [0.15, 0.2) is 0 Å². The number of hydrogen-bond donors (Lipinski definition) is 1. The third-order valence-electron chi connectivity index (χ3n) is 3.62. The van der Waals surface area contributed by atoms with Gasteiger partial charge in [0.2, 0.25) is 0 Å². The van der Waals surface area contributed by atoms with Crippen molar-refractivity contribution in [2.45, 2.75) is 55.8 Å². The molecular formula is C13H25NO2S. The second-order valence-electron chi connectivity index (χ2n) is 5.00. The zero-order valence-corrected chi connectivity index (χ0v) is 11.8. The van der Waals surface area contributed by atoms with Crippen LogP contribution in [-0.4, -0.2) is 49.0 Å². The lowest BCUT2D eigenvalue weighted by atomic mass is 10.1. The minimum Gasteiger partial charge on any atom is -0.380 e. The molecule has 0 saturated carbocycles. The minimum absolute atomic E-state index is 0.411. The average Bonchev–Trinajstić information content (AvgIpc) is 2.74. The molecule has 0 aliphatic carbocycles. The first-order chi connectivity index (χ1) is 8.31. The molecule has 2 heterocycles. The molecule has 2 rings (SSSR count). The SMILES string of the molecule is CCCNC1CCOCC1SC1CCOC1C. The summed E-state index contributed by atoms with van der Waals surface area (Å²) in [7, 11) is 0. The van der Waals surface area contributed by atoms with Gasteiger partial charge < -0.3 is 14.8 Å². The van der Waals surface area contributed by atoms with Gasteiger partial charge in [-0.25, -0.2) is 0 Å². The maximum atomic E-state index is 5.64. The topological polar surface area (TPSA) is 30.5 Å². The molecule has 4 atom stereocenters. The van der Waals surface area contributed by atoms with Crippen molar-refractivity contribution in [2.75, 3.05) is 26.4 Å². The van der Waals surface area contributed by atoms with Gasteiger partial charge in [-0.05, 0) is 32.7 Å². The fourth-order valence-electron chi connectivity index (χ4n) is 2.52. The van der Waals surface area contributed by atoms with Gasteiger partial charge >= 0.3 is 0 Å². The minimum atomic E-state index is 0.411. The van der Waals surface area contributed by atoms with Crippen molar-refractivity contribution in [3.05, 3.63) is 0 Å². The molecule has 0 radical (unpaired) electrons. The highest BCUT2D eigenvalue weighted by Crippen LogP contribution is 2.33. The Morgan fingerprint density at radius 1 is 1.24 bits per heavy atom. The molecule has 17 heavy (non-hydrogen) atoms. The van der Waals surface area contributed by atoms with Gasteiger partial charge in [0.05, 0.1) is 12.7 Å². The number of hydrogen-bond acceptors (Lipinski definition) is 4. The second-order valence-corrected chi connectivity index (χ2v) is 6.48. The van der Waals surface area contributed by atoms with Gasteiger partial charge in [0.1, 0.15) is 0 Å². The quantitative estimate of drug-likeness (QED) is 0.818. The molecule has 2 aliphatic heterocycles. The molecule has 4 unspecified atom stereocenters. The summed E-state index contributed by atoms with van der Waals surface area (Å²) in [5.74, 6) is 0. The van der Waals surface area contributed by atoms with E-state index in [1.54, 1.807) is 0 Å². The molecular weight excluding hydrogens is 234 g/mol. The zero-order valence-electron chi connectivity index (χ0n) is 11.0. The molecule has 0 aromatic carbocycles. The molecule has 0 aromatic heterocycles. The van der Waals surface area contributed by atoms with Crippen molar-refractivity contribution < 1.29 is 9.47 Å². The van der Waals surface area contributed by atoms with E-state index >= 15 is 0 Å². The van der Waals surface area contributed by atoms with E-state index in [1.165, 1.54) is 12.8 Å². The van der Waals surface area contributed by atoms with Gasteiger partial charge in [0, 0.05) is 29.8 Å². The van der Waals surface area contributed by atoms with Crippen LogP contribution in [0.1, 0.15) is 33.1 Å². The van der Waals surface area contributed by atoms with Crippen LogP contribution in [0.25, 0.3) is 0 Å². The first kappa shape index (κ1) is 13.7. The number of thioether (sulfide) groups is 1. The van der Waals surface area contributed by atoms with Crippen molar-refractivity contribution in [1.29, 1.82) is 0 Å². The van der Waals surface area contributed by atoms with Crippen LogP contribution in [0, 0.1) is 0 Å². The summed E-state index contributed by atoms with van der Waals surface area (Å²) < 4.78 is 11.3. The van der Waals surface area contributed by atoms with E-state index in [0.717, 1.165) is 32.8 Å². The predicted octanol–water partition coefficient (Wildman–Crippen LogP) is 2.05. The molecule has 0 spiro atoms. The van der Waals surface area contributed by atoms with Crippen LogP contribution >= 0.6 is 11.8 Å². The molecule has 4 heteroatoms. The summed E-state index contributed by atoms with van der Waals surface area (Å²) in [5.41, 5.74) is 0. The average molecular weight is 259 g/mol. The lowest BCUT2D eigenvalue weighted by molar-refractivity contribution is 0.0828. The third-order valence-corrected chi connectivity index (χ3v) is 5.40. The van der Waals surface area contributed by atoms with Crippen LogP contribution in [0.2, 0.25) is 0 Å². The normalized spacial score (nSPS) is 38.5. The Hall–Kier alpha value is 0.230. The van der Waals surface area contributed by atoms with Crippen molar-refractivity contribution >= 4 is 11.8 Å². The molecule has 100 valence electrons. The highest BCUT2D eigenvalue weighted by atomic mass is 32.2. The van der Waals surface area contributed by atoms with Crippen molar-refractivity contribution in [3.63, 3.8) is 0 Å². The summed E-state index contributed by atoms with van der Waals surface area (Å²) in [6, 6.07) is 0.626. The molecule has 0 amide bonds. The largest absolute Gasteiger partial charge is 0.380 e. The Kier molecular flexibility index (Phi) is 5.60. The Morgan fingerprint density at radius 2 is 2.12 bits per heavy atom. The fourth-order valence-corrected chi connectivity index (χ4v) is 4.10.